The van der Waals surface area contributed by atoms with Crippen LogP contribution < -0.4 is 15.4 Å². The molecule has 3 rings (SSSR count). The van der Waals surface area contributed by atoms with Gasteiger partial charge >= 0.3 is 5.97 Å². The number of carboxylic acid groups (broad SMARTS) is 1. The van der Waals surface area contributed by atoms with Crippen LogP contribution in [0.1, 0.15) is 26.3 Å². The lowest BCUT2D eigenvalue weighted by Crippen LogP contribution is -2.30. The Morgan fingerprint density at radius 2 is 1.73 bits per heavy atom. The lowest BCUT2D eigenvalue weighted by atomic mass is 10.1. The van der Waals surface area contributed by atoms with Crippen LogP contribution in [0.4, 0.5) is 10.1 Å². The van der Waals surface area contributed by atoms with E-state index in [1.54, 1.807) is 36.4 Å². The molecule has 2 amide bonds. The summed E-state index contributed by atoms with van der Waals surface area (Å²) in [4.78, 5) is 37.1. The van der Waals surface area contributed by atoms with Gasteiger partial charge in [0, 0.05) is 5.56 Å². The van der Waals surface area contributed by atoms with Crippen molar-refractivity contribution in [3.05, 3.63) is 99.4 Å². The number of halogens is 2. The number of ether oxygens (including phenoxy) is 1. The van der Waals surface area contributed by atoms with Crippen LogP contribution in [-0.2, 0) is 4.79 Å². The van der Waals surface area contributed by atoms with Crippen molar-refractivity contribution in [3.8, 4) is 5.75 Å². The van der Waals surface area contributed by atoms with E-state index in [2.05, 4.69) is 26.6 Å². The zero-order valence-electron chi connectivity index (χ0n) is 17.3. The average molecular weight is 513 g/mol. The van der Waals surface area contributed by atoms with Gasteiger partial charge in [-0.3, -0.25) is 9.59 Å². The number of nitrogens with one attached hydrogen (secondary N) is 2. The van der Waals surface area contributed by atoms with Crippen LogP contribution in [0.15, 0.2) is 76.9 Å². The van der Waals surface area contributed by atoms with Gasteiger partial charge in [0.25, 0.3) is 11.8 Å². The molecule has 3 aromatic rings. The first-order valence-corrected chi connectivity index (χ1v) is 10.3. The monoisotopic (exact) mass is 512 g/mol. The predicted octanol–water partition coefficient (Wildman–Crippen LogP) is 4.70. The van der Waals surface area contributed by atoms with Gasteiger partial charge < -0.3 is 20.5 Å². The van der Waals surface area contributed by atoms with Gasteiger partial charge in [0.1, 0.15) is 17.3 Å². The van der Waals surface area contributed by atoms with Crippen molar-refractivity contribution in [2.24, 2.45) is 0 Å². The second kappa shape index (κ2) is 10.6. The molecule has 3 N–H and O–H groups in total. The molecule has 0 bridgehead atoms. The fourth-order valence-electron chi connectivity index (χ4n) is 2.84. The maximum Gasteiger partial charge on any atom is 0.335 e. The molecular formula is C24H18BrFN2O5. The van der Waals surface area contributed by atoms with E-state index in [-0.39, 0.29) is 27.2 Å². The molecular weight excluding hydrogens is 495 g/mol. The van der Waals surface area contributed by atoms with E-state index in [1.165, 1.54) is 43.5 Å². The van der Waals surface area contributed by atoms with E-state index in [1.807, 2.05) is 0 Å². The zero-order valence-corrected chi connectivity index (χ0v) is 18.9. The van der Waals surface area contributed by atoms with E-state index in [9.17, 15) is 23.9 Å². The normalized spacial score (nSPS) is 10.9. The van der Waals surface area contributed by atoms with Gasteiger partial charge in [0.15, 0.2) is 0 Å². The van der Waals surface area contributed by atoms with Crippen LogP contribution >= 0.6 is 15.9 Å². The van der Waals surface area contributed by atoms with Crippen molar-refractivity contribution in [2.45, 2.75) is 0 Å². The minimum Gasteiger partial charge on any atom is -0.495 e. The molecule has 0 aromatic heterocycles. The number of carboxylic acids is 1. The molecule has 3 aromatic carbocycles. The highest BCUT2D eigenvalue weighted by atomic mass is 79.9. The standard InChI is InChI=1S/C24H18BrFN2O5/c1-33-21-10-8-16(24(31)32)13-19(21)27-23(30)20(12-14-7-9-17(25)18(26)11-14)28-22(29)15-5-3-2-4-6-15/h2-13H,1H3,(H,27,30)(H,28,29)(H,31,32). The molecule has 0 aliphatic rings. The summed E-state index contributed by atoms with van der Waals surface area (Å²) in [6.45, 7) is 0. The first kappa shape index (κ1) is 23.7. The van der Waals surface area contributed by atoms with Gasteiger partial charge in [-0.05, 0) is 70.0 Å². The summed E-state index contributed by atoms with van der Waals surface area (Å²) >= 11 is 3.07. The minimum atomic E-state index is -1.19. The van der Waals surface area contributed by atoms with Gasteiger partial charge in [-0.2, -0.15) is 0 Å². The van der Waals surface area contributed by atoms with E-state index in [0.717, 1.165) is 0 Å². The van der Waals surface area contributed by atoms with Gasteiger partial charge in [-0.25, -0.2) is 9.18 Å². The van der Waals surface area contributed by atoms with Crippen molar-refractivity contribution < 1.29 is 28.6 Å². The molecule has 0 unspecified atom stereocenters. The summed E-state index contributed by atoms with van der Waals surface area (Å²) in [7, 11) is 1.37. The van der Waals surface area contributed by atoms with Crippen LogP contribution in [-0.4, -0.2) is 30.0 Å². The van der Waals surface area contributed by atoms with E-state index >= 15 is 0 Å². The molecule has 33 heavy (non-hydrogen) atoms. The molecule has 9 heteroatoms. The Morgan fingerprint density at radius 1 is 1.00 bits per heavy atom. The topological polar surface area (TPSA) is 105 Å². The quantitative estimate of drug-likeness (QED) is 0.398. The van der Waals surface area contributed by atoms with Crippen LogP contribution in [0.2, 0.25) is 0 Å². The Hall–Kier alpha value is -3.98. The van der Waals surface area contributed by atoms with Crippen molar-refractivity contribution in [1.29, 1.82) is 0 Å². The molecule has 0 spiro atoms. The Labute approximate surface area is 197 Å². The molecule has 0 saturated carbocycles. The number of anilines is 1. The molecule has 0 radical (unpaired) electrons. The zero-order chi connectivity index (χ0) is 24.0. The van der Waals surface area contributed by atoms with E-state index in [4.69, 9.17) is 4.74 Å². The second-order valence-corrected chi connectivity index (χ2v) is 7.58. The highest BCUT2D eigenvalue weighted by Gasteiger charge is 2.18. The molecule has 0 atom stereocenters. The number of methoxy groups -OCH3 is 1. The summed E-state index contributed by atoms with van der Waals surface area (Å²) in [5.74, 6) is -2.83. The number of amides is 2. The summed E-state index contributed by atoms with van der Waals surface area (Å²) in [6.07, 6.45) is 1.30. The van der Waals surface area contributed by atoms with Crippen LogP contribution in [0, 0.1) is 5.82 Å². The Kier molecular flexibility index (Phi) is 7.57. The van der Waals surface area contributed by atoms with Crippen LogP contribution in [0.25, 0.3) is 6.08 Å². The Bertz CT molecular complexity index is 1240. The lowest BCUT2D eigenvalue weighted by molar-refractivity contribution is -0.113. The summed E-state index contributed by atoms with van der Waals surface area (Å²) < 4.78 is 19.4. The fraction of sp³-hybridized carbons (Fsp3) is 0.0417. The number of carbonyl (C=O) groups is 3. The maximum absolute atomic E-state index is 14.0. The first-order valence-electron chi connectivity index (χ1n) is 9.54. The van der Waals surface area contributed by atoms with Crippen LogP contribution in [0.3, 0.4) is 0 Å². The number of hydrogen-bond donors (Lipinski definition) is 3. The molecule has 0 aliphatic carbocycles. The first-order chi connectivity index (χ1) is 15.8. The summed E-state index contributed by atoms with van der Waals surface area (Å²) in [5.41, 5.74) is 0.460. The number of aromatic carboxylic acids is 1. The predicted molar refractivity (Wildman–Crippen MR) is 125 cm³/mol. The summed E-state index contributed by atoms with van der Waals surface area (Å²) in [5, 5.41) is 14.3. The Morgan fingerprint density at radius 3 is 2.36 bits per heavy atom. The molecule has 0 fully saturated rings. The molecule has 7 nitrogen and oxygen atoms in total. The number of rotatable bonds is 7. The average Bonchev–Trinajstić information content (AvgIpc) is 2.81. The van der Waals surface area contributed by atoms with Crippen molar-refractivity contribution in [3.63, 3.8) is 0 Å². The third-order valence-electron chi connectivity index (χ3n) is 4.48. The highest BCUT2D eigenvalue weighted by Crippen LogP contribution is 2.26. The summed E-state index contributed by atoms with van der Waals surface area (Å²) in [6, 6.07) is 16.4. The van der Waals surface area contributed by atoms with Gasteiger partial charge in [0.2, 0.25) is 0 Å². The second-order valence-electron chi connectivity index (χ2n) is 6.73. The van der Waals surface area contributed by atoms with Crippen LogP contribution in [0.5, 0.6) is 5.75 Å². The smallest absolute Gasteiger partial charge is 0.335 e. The van der Waals surface area contributed by atoms with Gasteiger partial charge in [0.05, 0.1) is 22.8 Å². The van der Waals surface area contributed by atoms with Gasteiger partial charge in [-0.15, -0.1) is 0 Å². The SMILES string of the molecule is COc1ccc(C(=O)O)cc1NC(=O)C(=Cc1ccc(Br)c(F)c1)NC(=O)c1ccccc1. The highest BCUT2D eigenvalue weighted by molar-refractivity contribution is 9.10. The molecule has 168 valence electrons. The van der Waals surface area contributed by atoms with Gasteiger partial charge in [-0.1, -0.05) is 24.3 Å². The van der Waals surface area contributed by atoms with Crippen molar-refractivity contribution in [1.82, 2.24) is 5.32 Å². The number of hydrogen-bond acceptors (Lipinski definition) is 4. The maximum atomic E-state index is 14.0. The number of carbonyl (C=O) groups excluding carboxylic acids is 2. The Balaban J connectivity index is 1.98. The largest absolute Gasteiger partial charge is 0.495 e. The fourth-order valence-corrected chi connectivity index (χ4v) is 3.09. The molecule has 0 aliphatic heterocycles. The number of benzene rings is 3. The molecule has 0 saturated heterocycles. The third-order valence-corrected chi connectivity index (χ3v) is 5.12. The van der Waals surface area contributed by atoms with E-state index in [0.29, 0.717) is 11.1 Å². The molecule has 0 heterocycles. The van der Waals surface area contributed by atoms with Crippen molar-refractivity contribution in [2.75, 3.05) is 12.4 Å². The minimum absolute atomic E-state index is 0.0695. The lowest BCUT2D eigenvalue weighted by Gasteiger charge is -2.14. The van der Waals surface area contributed by atoms with Crippen molar-refractivity contribution >= 4 is 45.5 Å². The third kappa shape index (κ3) is 6.05. The van der Waals surface area contributed by atoms with E-state index < -0.39 is 23.6 Å².